The highest BCUT2D eigenvalue weighted by Crippen LogP contribution is 2.21. The summed E-state index contributed by atoms with van der Waals surface area (Å²) in [7, 11) is 4.03. The van der Waals surface area contributed by atoms with Crippen molar-refractivity contribution in [3.63, 3.8) is 0 Å². The second kappa shape index (κ2) is 10.0. The molecule has 0 bridgehead atoms. The van der Waals surface area contributed by atoms with Crippen LogP contribution in [0.25, 0.3) is 0 Å². The highest BCUT2D eigenvalue weighted by atomic mass is 16.5. The van der Waals surface area contributed by atoms with E-state index in [-0.39, 0.29) is 0 Å². The maximum atomic E-state index is 5.29. The Kier molecular flexibility index (Phi) is 8.58. The summed E-state index contributed by atoms with van der Waals surface area (Å²) in [6.45, 7) is 6.29. The quantitative estimate of drug-likeness (QED) is 0.393. The van der Waals surface area contributed by atoms with E-state index in [1.165, 1.54) is 25.7 Å². The molecular weight excluding hydrogens is 240 g/mol. The predicted molar refractivity (Wildman–Crippen MR) is 80.7 cm³/mol. The van der Waals surface area contributed by atoms with Crippen LogP contribution < -0.4 is 10.6 Å². The van der Waals surface area contributed by atoms with Crippen molar-refractivity contribution in [2.45, 2.75) is 38.6 Å². The lowest BCUT2D eigenvalue weighted by atomic mass is 10.2. The van der Waals surface area contributed by atoms with Gasteiger partial charge in [-0.2, -0.15) is 0 Å². The first-order valence-corrected chi connectivity index (χ1v) is 7.50. The maximum Gasteiger partial charge on any atom is 0.191 e. The number of ether oxygens (including phenoxy) is 1. The molecule has 1 aliphatic rings. The van der Waals surface area contributed by atoms with E-state index in [1.807, 2.05) is 6.92 Å². The predicted octanol–water partition coefficient (Wildman–Crippen LogP) is 1.06. The van der Waals surface area contributed by atoms with E-state index < -0.39 is 0 Å². The van der Waals surface area contributed by atoms with Crippen LogP contribution in [0.4, 0.5) is 0 Å². The third-order valence-electron chi connectivity index (χ3n) is 3.67. The number of likely N-dealkylation sites (N-methyl/N-ethyl adjacent to an activating group) is 1. The first-order chi connectivity index (χ1) is 9.27. The highest BCUT2D eigenvalue weighted by Gasteiger charge is 2.18. The molecule has 1 aliphatic carbocycles. The molecule has 1 rings (SSSR count). The van der Waals surface area contributed by atoms with Crippen molar-refractivity contribution in [1.29, 1.82) is 0 Å². The summed E-state index contributed by atoms with van der Waals surface area (Å²) in [6.07, 6.45) is 5.50. The van der Waals surface area contributed by atoms with Gasteiger partial charge in [0.1, 0.15) is 0 Å². The fourth-order valence-corrected chi connectivity index (χ4v) is 2.48. The van der Waals surface area contributed by atoms with Crippen molar-refractivity contribution in [1.82, 2.24) is 15.5 Å². The van der Waals surface area contributed by atoms with Gasteiger partial charge in [0.05, 0.1) is 6.61 Å². The van der Waals surface area contributed by atoms with Gasteiger partial charge in [-0.05, 0) is 26.8 Å². The number of guanidine groups is 1. The van der Waals surface area contributed by atoms with Gasteiger partial charge >= 0.3 is 0 Å². The van der Waals surface area contributed by atoms with E-state index in [0.717, 1.165) is 44.8 Å². The first kappa shape index (κ1) is 16.2. The average molecular weight is 270 g/mol. The maximum absolute atomic E-state index is 5.29. The lowest BCUT2D eigenvalue weighted by Gasteiger charge is -2.24. The second-order valence-electron chi connectivity index (χ2n) is 5.04. The molecule has 0 amide bonds. The normalized spacial score (nSPS) is 17.2. The van der Waals surface area contributed by atoms with Crippen molar-refractivity contribution in [2.75, 3.05) is 46.9 Å². The molecule has 0 unspecified atom stereocenters. The number of rotatable bonds is 8. The van der Waals surface area contributed by atoms with E-state index in [4.69, 9.17) is 4.74 Å². The zero-order chi connectivity index (χ0) is 13.9. The second-order valence-corrected chi connectivity index (χ2v) is 5.04. The third-order valence-corrected chi connectivity index (χ3v) is 3.67. The molecule has 5 heteroatoms. The minimum Gasteiger partial charge on any atom is -0.380 e. The van der Waals surface area contributed by atoms with Crippen molar-refractivity contribution < 1.29 is 4.74 Å². The first-order valence-electron chi connectivity index (χ1n) is 7.50. The Balaban J connectivity index is 2.08. The standard InChI is InChI=1S/C14H30N4O/c1-4-19-12-10-17-14(15-2)16-9-11-18(3)13-7-5-6-8-13/h13H,4-12H2,1-3H3,(H2,15,16,17). The van der Waals surface area contributed by atoms with E-state index >= 15 is 0 Å². The summed E-state index contributed by atoms with van der Waals surface area (Å²) < 4.78 is 5.29. The molecule has 0 radical (unpaired) electrons. The van der Waals surface area contributed by atoms with Crippen LogP contribution in [0, 0.1) is 0 Å². The van der Waals surface area contributed by atoms with E-state index in [1.54, 1.807) is 7.05 Å². The van der Waals surface area contributed by atoms with Gasteiger partial charge in [-0.15, -0.1) is 0 Å². The van der Waals surface area contributed by atoms with Gasteiger partial charge in [0.2, 0.25) is 0 Å². The van der Waals surface area contributed by atoms with Crippen LogP contribution in [0.5, 0.6) is 0 Å². The van der Waals surface area contributed by atoms with Crippen molar-refractivity contribution >= 4 is 5.96 Å². The van der Waals surface area contributed by atoms with Crippen LogP contribution in [0.15, 0.2) is 4.99 Å². The van der Waals surface area contributed by atoms with Gasteiger partial charge in [-0.1, -0.05) is 12.8 Å². The van der Waals surface area contributed by atoms with Gasteiger partial charge in [0.15, 0.2) is 5.96 Å². The number of nitrogens with zero attached hydrogens (tertiary/aromatic N) is 2. The van der Waals surface area contributed by atoms with Gasteiger partial charge in [0, 0.05) is 39.3 Å². The van der Waals surface area contributed by atoms with Gasteiger partial charge in [-0.3, -0.25) is 4.99 Å². The van der Waals surface area contributed by atoms with Gasteiger partial charge in [0.25, 0.3) is 0 Å². The SMILES string of the molecule is CCOCCNC(=NC)NCCN(C)C1CCCC1. The summed E-state index contributed by atoms with van der Waals surface area (Å²) >= 11 is 0. The Morgan fingerprint density at radius 1 is 1.26 bits per heavy atom. The van der Waals surface area contributed by atoms with Crippen molar-refractivity contribution in [3.05, 3.63) is 0 Å². The number of hydrogen-bond donors (Lipinski definition) is 2. The van der Waals surface area contributed by atoms with Crippen molar-refractivity contribution in [3.8, 4) is 0 Å². The number of hydrogen-bond acceptors (Lipinski definition) is 3. The Morgan fingerprint density at radius 2 is 1.95 bits per heavy atom. The molecule has 0 spiro atoms. The number of aliphatic imine (C=N–C) groups is 1. The third kappa shape index (κ3) is 6.78. The van der Waals surface area contributed by atoms with Crippen LogP contribution in [-0.4, -0.2) is 63.8 Å². The summed E-state index contributed by atoms with van der Waals surface area (Å²) in [5.74, 6) is 0.861. The molecule has 0 heterocycles. The Morgan fingerprint density at radius 3 is 2.58 bits per heavy atom. The average Bonchev–Trinajstić information content (AvgIpc) is 2.95. The van der Waals surface area contributed by atoms with Crippen LogP contribution in [0.2, 0.25) is 0 Å². The Hall–Kier alpha value is -0.810. The van der Waals surface area contributed by atoms with Crippen LogP contribution in [0.1, 0.15) is 32.6 Å². The van der Waals surface area contributed by atoms with Gasteiger partial charge in [-0.25, -0.2) is 0 Å². The minimum atomic E-state index is 0.721. The molecule has 0 aliphatic heterocycles. The van der Waals surface area contributed by atoms with E-state index in [9.17, 15) is 0 Å². The molecule has 19 heavy (non-hydrogen) atoms. The molecule has 0 saturated heterocycles. The van der Waals surface area contributed by atoms with Crippen molar-refractivity contribution in [2.24, 2.45) is 4.99 Å². The van der Waals surface area contributed by atoms with Crippen LogP contribution in [0.3, 0.4) is 0 Å². The largest absolute Gasteiger partial charge is 0.380 e. The molecule has 0 atom stereocenters. The smallest absolute Gasteiger partial charge is 0.191 e. The zero-order valence-corrected chi connectivity index (χ0v) is 12.7. The summed E-state index contributed by atoms with van der Waals surface area (Å²) in [6, 6.07) is 0.787. The van der Waals surface area contributed by atoms with Crippen LogP contribution in [-0.2, 0) is 4.74 Å². The van der Waals surface area contributed by atoms with Crippen LogP contribution >= 0.6 is 0 Å². The molecule has 112 valence electrons. The molecule has 1 fully saturated rings. The Labute approximate surface area is 117 Å². The lowest BCUT2D eigenvalue weighted by molar-refractivity contribution is 0.152. The van der Waals surface area contributed by atoms with Gasteiger partial charge < -0.3 is 20.3 Å². The molecule has 2 N–H and O–H groups in total. The molecule has 0 aromatic heterocycles. The topological polar surface area (TPSA) is 48.9 Å². The molecule has 1 saturated carbocycles. The fraction of sp³-hybridized carbons (Fsp3) is 0.929. The highest BCUT2D eigenvalue weighted by molar-refractivity contribution is 5.79. The Bertz CT molecular complexity index is 252. The monoisotopic (exact) mass is 270 g/mol. The lowest BCUT2D eigenvalue weighted by Crippen LogP contribution is -2.43. The summed E-state index contributed by atoms with van der Waals surface area (Å²) in [5, 5.41) is 6.59. The molecule has 0 aromatic rings. The fourth-order valence-electron chi connectivity index (χ4n) is 2.48. The summed E-state index contributed by atoms with van der Waals surface area (Å²) in [4.78, 5) is 6.67. The summed E-state index contributed by atoms with van der Waals surface area (Å²) in [5.41, 5.74) is 0. The molecular formula is C14H30N4O. The van der Waals surface area contributed by atoms with E-state index in [0.29, 0.717) is 0 Å². The number of nitrogens with one attached hydrogen (secondary N) is 2. The zero-order valence-electron chi connectivity index (χ0n) is 12.7. The molecule has 0 aromatic carbocycles. The van der Waals surface area contributed by atoms with E-state index in [2.05, 4.69) is 27.6 Å². The molecule has 5 nitrogen and oxygen atoms in total. The minimum absolute atomic E-state index is 0.721.